The van der Waals surface area contributed by atoms with E-state index in [4.69, 9.17) is 0 Å². The van der Waals surface area contributed by atoms with E-state index in [0.29, 0.717) is 17.8 Å². The van der Waals surface area contributed by atoms with Gasteiger partial charge in [-0.15, -0.1) is 13.2 Å². The number of anilines is 3. The largest absolute Gasteiger partial charge is 0.573 e. The Labute approximate surface area is 183 Å². The van der Waals surface area contributed by atoms with Gasteiger partial charge in [0.15, 0.2) is 0 Å². The number of hydrogen-bond acceptors (Lipinski definition) is 6. The average molecular weight is 474 g/mol. The molecule has 2 aromatic carbocycles. The summed E-state index contributed by atoms with van der Waals surface area (Å²) in [5.41, 5.74) is -3.47. The van der Waals surface area contributed by atoms with Gasteiger partial charge in [0, 0.05) is 28.8 Å². The maximum absolute atomic E-state index is 12.6. The third-order valence-electron chi connectivity index (χ3n) is 3.76. The molecule has 0 atom stereocenters. The van der Waals surface area contributed by atoms with E-state index in [2.05, 4.69) is 25.3 Å². The van der Waals surface area contributed by atoms with E-state index in [0.717, 1.165) is 6.07 Å². The Balaban J connectivity index is 1.92. The second kappa shape index (κ2) is 9.55. The first-order chi connectivity index (χ1) is 15.0. The highest BCUT2D eigenvalue weighted by molar-refractivity contribution is 8.00. The number of ether oxygens (including phenoxy) is 1. The van der Waals surface area contributed by atoms with Crippen molar-refractivity contribution in [2.75, 3.05) is 17.2 Å². The van der Waals surface area contributed by atoms with Gasteiger partial charge in [0.2, 0.25) is 5.95 Å². The molecule has 0 fully saturated rings. The van der Waals surface area contributed by atoms with Crippen LogP contribution in [0.25, 0.3) is 11.3 Å². The van der Waals surface area contributed by atoms with Crippen LogP contribution in [0.5, 0.6) is 5.75 Å². The number of hydrogen-bond donors (Lipinski definition) is 2. The molecule has 0 saturated heterocycles. The van der Waals surface area contributed by atoms with Crippen molar-refractivity contribution in [1.82, 2.24) is 9.97 Å². The van der Waals surface area contributed by atoms with Crippen LogP contribution < -0.4 is 15.4 Å². The van der Waals surface area contributed by atoms with Crippen LogP contribution in [0.15, 0.2) is 59.5 Å². The summed E-state index contributed by atoms with van der Waals surface area (Å²) in [7, 11) is 0. The zero-order chi connectivity index (χ0) is 23.4. The zero-order valence-electron chi connectivity index (χ0n) is 16.4. The van der Waals surface area contributed by atoms with E-state index in [1.165, 1.54) is 36.4 Å². The highest BCUT2D eigenvalue weighted by Crippen LogP contribution is 2.38. The van der Waals surface area contributed by atoms with Crippen molar-refractivity contribution in [3.8, 4) is 17.0 Å². The number of halogens is 6. The highest BCUT2D eigenvalue weighted by Gasteiger charge is 2.31. The molecule has 0 radical (unpaired) electrons. The molecular weight excluding hydrogens is 458 g/mol. The molecule has 0 aliphatic rings. The smallest absolute Gasteiger partial charge is 0.406 e. The molecule has 3 rings (SSSR count). The number of nitrogens with zero attached hydrogens (tertiary/aromatic N) is 2. The van der Waals surface area contributed by atoms with Gasteiger partial charge >= 0.3 is 11.9 Å². The van der Waals surface area contributed by atoms with Crippen LogP contribution in [-0.2, 0) is 0 Å². The number of alkyl halides is 6. The van der Waals surface area contributed by atoms with Crippen LogP contribution in [0.1, 0.15) is 6.92 Å². The van der Waals surface area contributed by atoms with E-state index < -0.39 is 17.6 Å². The van der Waals surface area contributed by atoms with E-state index in [-0.39, 0.29) is 34.1 Å². The summed E-state index contributed by atoms with van der Waals surface area (Å²) in [6.07, 6.45) is -4.84. The predicted octanol–water partition coefficient (Wildman–Crippen LogP) is 6.83. The van der Waals surface area contributed by atoms with Crippen molar-refractivity contribution in [1.29, 1.82) is 0 Å². The van der Waals surface area contributed by atoms with Gasteiger partial charge in [-0.05, 0) is 49.0 Å². The highest BCUT2D eigenvalue weighted by atomic mass is 32.2. The van der Waals surface area contributed by atoms with Gasteiger partial charge in [0.25, 0.3) is 0 Å². The van der Waals surface area contributed by atoms with Crippen LogP contribution in [0.4, 0.5) is 43.8 Å². The third kappa shape index (κ3) is 7.22. The van der Waals surface area contributed by atoms with Crippen molar-refractivity contribution >= 4 is 29.2 Å². The fraction of sp³-hybridized carbons (Fsp3) is 0.200. The zero-order valence-corrected chi connectivity index (χ0v) is 17.2. The fourth-order valence-electron chi connectivity index (χ4n) is 2.67. The van der Waals surface area contributed by atoms with Crippen molar-refractivity contribution in [2.45, 2.75) is 23.7 Å². The number of nitrogens with one attached hydrogen (secondary N) is 2. The monoisotopic (exact) mass is 474 g/mol. The lowest BCUT2D eigenvalue weighted by Gasteiger charge is -2.13. The average Bonchev–Trinajstić information content (AvgIpc) is 2.66. The van der Waals surface area contributed by atoms with Crippen LogP contribution in [0.3, 0.4) is 0 Å². The van der Waals surface area contributed by atoms with Gasteiger partial charge < -0.3 is 15.4 Å². The van der Waals surface area contributed by atoms with Crippen molar-refractivity contribution in [2.24, 2.45) is 0 Å². The minimum absolute atomic E-state index is 0.0133. The van der Waals surface area contributed by atoms with Crippen LogP contribution in [-0.4, -0.2) is 28.4 Å². The summed E-state index contributed by atoms with van der Waals surface area (Å²) in [5.74, 6) is 0.0164. The maximum atomic E-state index is 12.6. The summed E-state index contributed by atoms with van der Waals surface area (Å²) in [6.45, 7) is 2.27. The Morgan fingerprint density at radius 3 is 2.38 bits per heavy atom. The lowest BCUT2D eigenvalue weighted by atomic mass is 10.1. The first kappa shape index (κ1) is 23.5. The molecule has 170 valence electrons. The third-order valence-corrected chi connectivity index (χ3v) is 4.49. The Morgan fingerprint density at radius 2 is 1.69 bits per heavy atom. The minimum Gasteiger partial charge on any atom is -0.406 e. The van der Waals surface area contributed by atoms with E-state index >= 15 is 0 Å². The Morgan fingerprint density at radius 1 is 0.938 bits per heavy atom. The normalized spacial score (nSPS) is 11.8. The SMILES string of the molecule is CCNc1nc(Nc2cccc(SC(F)(F)F)c2)cc(-c2cccc(OC(F)(F)F)c2)n1. The van der Waals surface area contributed by atoms with E-state index in [1.807, 2.05) is 0 Å². The number of benzene rings is 2. The van der Waals surface area contributed by atoms with Crippen LogP contribution >= 0.6 is 11.8 Å². The molecule has 1 aromatic heterocycles. The van der Waals surface area contributed by atoms with E-state index in [1.54, 1.807) is 19.1 Å². The van der Waals surface area contributed by atoms with Gasteiger partial charge in [0.1, 0.15) is 11.6 Å². The van der Waals surface area contributed by atoms with Crippen molar-refractivity contribution in [3.05, 3.63) is 54.6 Å². The number of rotatable bonds is 7. The lowest BCUT2D eigenvalue weighted by Crippen LogP contribution is -2.17. The topological polar surface area (TPSA) is 59.1 Å². The molecule has 0 bridgehead atoms. The first-order valence-electron chi connectivity index (χ1n) is 9.13. The van der Waals surface area contributed by atoms with Gasteiger partial charge in [-0.3, -0.25) is 0 Å². The standard InChI is InChI=1S/C20H16F6N4OS/c1-2-27-18-29-16(12-5-3-7-14(9-12)31-19(21,22)23)11-17(30-18)28-13-6-4-8-15(10-13)32-20(24,25)26/h3-11H,2H2,1H3,(H2,27,28,29,30). The molecule has 0 amide bonds. The van der Waals surface area contributed by atoms with Crippen LogP contribution in [0.2, 0.25) is 0 Å². The molecule has 0 aliphatic heterocycles. The molecule has 0 aliphatic carbocycles. The minimum atomic E-state index is -4.84. The molecule has 1 heterocycles. The molecular formula is C20H16F6N4OS. The lowest BCUT2D eigenvalue weighted by molar-refractivity contribution is -0.274. The Bertz CT molecular complexity index is 1070. The van der Waals surface area contributed by atoms with Gasteiger partial charge in [-0.2, -0.15) is 18.2 Å². The molecule has 3 aromatic rings. The molecule has 32 heavy (non-hydrogen) atoms. The maximum Gasteiger partial charge on any atom is 0.573 e. The molecule has 2 N–H and O–H groups in total. The van der Waals surface area contributed by atoms with E-state index in [9.17, 15) is 26.3 Å². The molecule has 0 saturated carbocycles. The molecule has 0 unspecified atom stereocenters. The Kier molecular flexibility index (Phi) is 7.02. The van der Waals surface area contributed by atoms with Crippen LogP contribution in [0, 0.1) is 0 Å². The van der Waals surface area contributed by atoms with Crippen molar-refractivity contribution in [3.63, 3.8) is 0 Å². The number of aromatic nitrogens is 2. The van der Waals surface area contributed by atoms with Gasteiger partial charge in [-0.1, -0.05) is 18.2 Å². The quantitative estimate of drug-likeness (QED) is 0.289. The number of thioether (sulfide) groups is 1. The molecule has 12 heteroatoms. The Hall–Kier alpha value is -3.15. The fourth-order valence-corrected chi connectivity index (χ4v) is 3.27. The summed E-state index contributed by atoms with van der Waals surface area (Å²) in [5, 5.41) is 5.82. The van der Waals surface area contributed by atoms with Crippen molar-refractivity contribution < 1.29 is 31.1 Å². The second-order valence-corrected chi connectivity index (χ2v) is 7.41. The summed E-state index contributed by atoms with van der Waals surface area (Å²) in [6, 6.07) is 12.4. The van der Waals surface area contributed by atoms with Gasteiger partial charge in [0.05, 0.1) is 5.69 Å². The summed E-state index contributed by atoms with van der Waals surface area (Å²) < 4.78 is 79.5. The summed E-state index contributed by atoms with van der Waals surface area (Å²) >= 11 is -0.248. The second-order valence-electron chi connectivity index (χ2n) is 6.27. The molecule has 5 nitrogen and oxygen atoms in total. The van der Waals surface area contributed by atoms with Gasteiger partial charge in [-0.25, -0.2) is 4.98 Å². The predicted molar refractivity (Wildman–Crippen MR) is 110 cm³/mol. The summed E-state index contributed by atoms with van der Waals surface area (Å²) in [4.78, 5) is 8.53. The molecule has 0 spiro atoms. The first-order valence-corrected chi connectivity index (χ1v) is 9.94.